The van der Waals surface area contributed by atoms with E-state index in [1.807, 2.05) is 6.20 Å². The molecule has 4 aromatic rings. The van der Waals surface area contributed by atoms with Gasteiger partial charge in [0.1, 0.15) is 11.2 Å². The van der Waals surface area contributed by atoms with Crippen LogP contribution in [0, 0.1) is 0 Å². The molecule has 2 aromatic heterocycles. The Morgan fingerprint density at radius 2 is 1.73 bits per heavy atom. The van der Waals surface area contributed by atoms with Crippen molar-refractivity contribution in [3.63, 3.8) is 0 Å². The van der Waals surface area contributed by atoms with Gasteiger partial charge in [-0.05, 0) is 71.5 Å². The summed E-state index contributed by atoms with van der Waals surface area (Å²) in [4.78, 5) is 5.98. The van der Waals surface area contributed by atoms with Gasteiger partial charge in [0.25, 0.3) is 0 Å². The molecular weight excluding hydrogens is 338 g/mol. The van der Waals surface area contributed by atoms with Crippen molar-refractivity contribution < 1.29 is 4.42 Å². The largest absolute Gasteiger partial charge is 0.455 e. The van der Waals surface area contributed by atoms with Crippen LogP contribution in [0.2, 0.25) is 0 Å². The molecule has 0 N–H and O–H groups in total. The Balaban J connectivity index is 1.95. The Morgan fingerprint density at radius 1 is 0.923 bits per heavy atom. The van der Waals surface area contributed by atoms with E-state index in [0.717, 1.165) is 27.8 Å². The van der Waals surface area contributed by atoms with Gasteiger partial charge in [0.15, 0.2) is 0 Å². The lowest BCUT2D eigenvalue weighted by Crippen LogP contribution is -1.91. The Bertz CT molecular complexity index is 1100. The minimum Gasteiger partial charge on any atom is -0.455 e. The van der Waals surface area contributed by atoms with E-state index in [1.165, 1.54) is 15.8 Å². The quantitative estimate of drug-likeness (QED) is 0.399. The molecule has 0 saturated heterocycles. The van der Waals surface area contributed by atoms with Crippen LogP contribution < -0.4 is 0 Å². The normalized spacial score (nSPS) is 13.0. The lowest BCUT2D eigenvalue weighted by atomic mass is 10.0. The van der Waals surface area contributed by atoms with Crippen LogP contribution in [-0.4, -0.2) is 23.8 Å². The number of fused-ring (bicyclic) bond motifs is 3. The van der Waals surface area contributed by atoms with E-state index in [9.17, 15) is 0 Å². The fourth-order valence-corrected chi connectivity index (χ4v) is 4.25. The molecule has 0 atom stereocenters. The highest BCUT2D eigenvalue weighted by Crippen LogP contribution is 2.47. The fraction of sp³-hybridized carbons (Fsp3) is 0.261. The molecule has 0 aliphatic heterocycles. The van der Waals surface area contributed by atoms with Gasteiger partial charge in [0.05, 0.1) is 5.69 Å². The Morgan fingerprint density at radius 3 is 2.46 bits per heavy atom. The third kappa shape index (κ3) is 2.90. The molecule has 4 rings (SSSR count). The monoisotopic (exact) mass is 363 g/mol. The fourth-order valence-electron chi connectivity index (χ4n) is 3.31. The maximum Gasteiger partial charge on any atom is 0.144 e. The molecule has 0 saturated carbocycles. The molecular formula is C23H25NOS. The molecule has 2 nitrogen and oxygen atoms in total. The number of hydrogen-bond donors (Lipinski definition) is 0. The molecule has 134 valence electrons. The third-order valence-electron chi connectivity index (χ3n) is 4.90. The SMILES string of the molecule is CC(C)c1ccnc(-c2cccc3c2oc2cc(S(C)(C)C)ccc23)c1. The zero-order chi connectivity index (χ0) is 18.5. The minimum atomic E-state index is -0.782. The van der Waals surface area contributed by atoms with Gasteiger partial charge in [-0.2, -0.15) is 0 Å². The highest BCUT2D eigenvalue weighted by atomic mass is 32.3. The number of para-hydroxylation sites is 1. The van der Waals surface area contributed by atoms with Gasteiger partial charge in [-0.3, -0.25) is 4.98 Å². The van der Waals surface area contributed by atoms with E-state index in [-0.39, 0.29) is 0 Å². The van der Waals surface area contributed by atoms with Crippen molar-refractivity contribution in [2.24, 2.45) is 0 Å². The summed E-state index contributed by atoms with van der Waals surface area (Å²) in [7, 11) is -0.782. The molecule has 0 spiro atoms. The molecule has 0 fully saturated rings. The number of benzene rings is 2. The van der Waals surface area contributed by atoms with Gasteiger partial charge in [0, 0.05) is 22.5 Å². The van der Waals surface area contributed by atoms with Crippen LogP contribution in [0.25, 0.3) is 33.2 Å². The first-order valence-electron chi connectivity index (χ1n) is 8.94. The first-order chi connectivity index (χ1) is 12.3. The summed E-state index contributed by atoms with van der Waals surface area (Å²) >= 11 is 0. The van der Waals surface area contributed by atoms with Gasteiger partial charge >= 0.3 is 0 Å². The third-order valence-corrected chi connectivity index (χ3v) is 6.57. The summed E-state index contributed by atoms with van der Waals surface area (Å²) < 4.78 is 6.35. The first kappa shape index (κ1) is 17.2. The molecule has 0 aliphatic rings. The Kier molecular flexibility index (Phi) is 4.07. The van der Waals surface area contributed by atoms with Crippen molar-refractivity contribution in [2.45, 2.75) is 24.7 Å². The lowest BCUT2D eigenvalue weighted by molar-refractivity contribution is 0.668. The highest BCUT2D eigenvalue weighted by Gasteiger charge is 2.16. The maximum absolute atomic E-state index is 6.35. The summed E-state index contributed by atoms with van der Waals surface area (Å²) in [5.41, 5.74) is 5.22. The number of nitrogens with zero attached hydrogens (tertiary/aromatic N) is 1. The number of aromatic nitrogens is 1. The van der Waals surface area contributed by atoms with Gasteiger partial charge in [0.2, 0.25) is 0 Å². The highest BCUT2D eigenvalue weighted by molar-refractivity contribution is 8.32. The van der Waals surface area contributed by atoms with Crippen LogP contribution in [0.15, 0.2) is 64.0 Å². The van der Waals surface area contributed by atoms with Crippen molar-refractivity contribution in [2.75, 3.05) is 18.8 Å². The molecule has 0 unspecified atom stereocenters. The minimum absolute atomic E-state index is 0.476. The average Bonchev–Trinajstić information content (AvgIpc) is 2.99. The van der Waals surface area contributed by atoms with Crippen molar-refractivity contribution in [1.82, 2.24) is 4.98 Å². The average molecular weight is 364 g/mol. The van der Waals surface area contributed by atoms with Crippen molar-refractivity contribution >= 4 is 32.0 Å². The lowest BCUT2D eigenvalue weighted by Gasteiger charge is -2.25. The summed E-state index contributed by atoms with van der Waals surface area (Å²) in [6.45, 7) is 4.41. The molecule has 3 heteroatoms. The summed E-state index contributed by atoms with van der Waals surface area (Å²) in [5.74, 6) is 0.476. The topological polar surface area (TPSA) is 26.0 Å². The standard InChI is InChI=1S/C23H25NOS/c1-15(2)16-11-12-24-21(13-16)20-8-6-7-19-18-10-9-17(26(3,4)5)14-22(18)25-23(19)20/h6-15H,1-5H3. The smallest absolute Gasteiger partial charge is 0.144 e. The molecule has 0 bridgehead atoms. The zero-order valence-electron chi connectivity index (χ0n) is 16.0. The number of hydrogen-bond acceptors (Lipinski definition) is 2. The second-order valence-corrected chi connectivity index (χ2v) is 12.1. The Labute approximate surface area is 156 Å². The van der Waals surface area contributed by atoms with Crippen LogP contribution in [0.3, 0.4) is 0 Å². The second kappa shape index (κ2) is 6.17. The van der Waals surface area contributed by atoms with Gasteiger partial charge in [-0.1, -0.05) is 26.0 Å². The summed E-state index contributed by atoms with van der Waals surface area (Å²) in [6, 6.07) is 17.3. The van der Waals surface area contributed by atoms with Crippen molar-refractivity contribution in [1.29, 1.82) is 0 Å². The Hall–Kier alpha value is -2.26. The van der Waals surface area contributed by atoms with Gasteiger partial charge in [-0.25, -0.2) is 10.0 Å². The van der Waals surface area contributed by atoms with Crippen molar-refractivity contribution in [3.05, 3.63) is 60.3 Å². The van der Waals surface area contributed by atoms with E-state index >= 15 is 0 Å². The summed E-state index contributed by atoms with van der Waals surface area (Å²) in [5, 5.41) is 2.33. The van der Waals surface area contributed by atoms with Crippen molar-refractivity contribution in [3.8, 4) is 11.3 Å². The van der Waals surface area contributed by atoms with Crippen LogP contribution in [-0.2, 0) is 0 Å². The molecule has 2 aromatic carbocycles. The van der Waals surface area contributed by atoms with Crippen LogP contribution in [0.1, 0.15) is 25.3 Å². The molecule has 2 heterocycles. The van der Waals surface area contributed by atoms with Crippen LogP contribution in [0.5, 0.6) is 0 Å². The van der Waals surface area contributed by atoms with E-state index in [2.05, 4.69) is 86.1 Å². The second-order valence-electron chi connectivity index (χ2n) is 7.91. The number of furan rings is 1. The molecule has 0 amide bonds. The van der Waals surface area contributed by atoms with E-state index < -0.39 is 10.0 Å². The maximum atomic E-state index is 6.35. The molecule has 0 radical (unpaired) electrons. The van der Waals surface area contributed by atoms with Crippen LogP contribution >= 0.6 is 10.0 Å². The van der Waals surface area contributed by atoms with Gasteiger partial charge < -0.3 is 4.42 Å². The molecule has 0 aliphatic carbocycles. The van der Waals surface area contributed by atoms with E-state index in [4.69, 9.17) is 4.42 Å². The predicted molar refractivity (Wildman–Crippen MR) is 115 cm³/mol. The van der Waals surface area contributed by atoms with Gasteiger partial charge in [-0.15, -0.1) is 0 Å². The summed E-state index contributed by atoms with van der Waals surface area (Å²) in [6.07, 6.45) is 8.82. The van der Waals surface area contributed by atoms with E-state index in [1.54, 1.807) is 0 Å². The first-order valence-corrected chi connectivity index (χ1v) is 11.8. The number of rotatable bonds is 3. The predicted octanol–water partition coefficient (Wildman–Crippen LogP) is 6.82. The molecule has 26 heavy (non-hydrogen) atoms. The van der Waals surface area contributed by atoms with Crippen LogP contribution in [0.4, 0.5) is 0 Å². The zero-order valence-corrected chi connectivity index (χ0v) is 16.9. The number of pyridine rings is 1. The van der Waals surface area contributed by atoms with E-state index in [0.29, 0.717) is 5.92 Å².